The molecule has 1 aromatic heterocycles. The van der Waals surface area contributed by atoms with Crippen molar-refractivity contribution in [3.05, 3.63) is 23.5 Å². The first kappa shape index (κ1) is 10.2. The summed E-state index contributed by atoms with van der Waals surface area (Å²) >= 11 is 0. The average molecular weight is 199 g/mol. The standard InChI is InChI=1S/C9H13NO2S/c1-4-8-9(13(3,11)12)7(2)5-6-10-8/h5-6H,4H2,1-3H3. The van der Waals surface area contributed by atoms with E-state index in [1.54, 1.807) is 19.2 Å². The number of aryl methyl sites for hydroxylation is 2. The summed E-state index contributed by atoms with van der Waals surface area (Å²) in [5.41, 5.74) is 1.43. The van der Waals surface area contributed by atoms with E-state index in [-0.39, 0.29) is 0 Å². The molecule has 0 atom stereocenters. The van der Waals surface area contributed by atoms with Crippen LogP contribution in [0.3, 0.4) is 0 Å². The number of hydrogen-bond acceptors (Lipinski definition) is 3. The third-order valence-electron chi connectivity index (χ3n) is 1.88. The lowest BCUT2D eigenvalue weighted by Gasteiger charge is -2.07. The maximum atomic E-state index is 11.4. The van der Waals surface area contributed by atoms with Gasteiger partial charge in [-0.05, 0) is 25.0 Å². The molecule has 3 nitrogen and oxygen atoms in total. The first-order valence-corrected chi connectivity index (χ1v) is 6.00. The number of nitrogens with zero attached hydrogens (tertiary/aromatic N) is 1. The fraction of sp³-hybridized carbons (Fsp3) is 0.444. The summed E-state index contributed by atoms with van der Waals surface area (Å²) in [5.74, 6) is 0. The lowest BCUT2D eigenvalue weighted by atomic mass is 10.2. The topological polar surface area (TPSA) is 47.0 Å². The van der Waals surface area contributed by atoms with Gasteiger partial charge >= 0.3 is 0 Å². The summed E-state index contributed by atoms with van der Waals surface area (Å²) in [7, 11) is -3.14. The third-order valence-corrected chi connectivity index (χ3v) is 3.18. The number of hydrogen-bond donors (Lipinski definition) is 0. The van der Waals surface area contributed by atoms with Crippen LogP contribution in [-0.2, 0) is 16.3 Å². The van der Waals surface area contributed by atoms with E-state index >= 15 is 0 Å². The minimum Gasteiger partial charge on any atom is -0.260 e. The molecule has 0 aliphatic rings. The van der Waals surface area contributed by atoms with Gasteiger partial charge in [-0.3, -0.25) is 4.98 Å². The largest absolute Gasteiger partial charge is 0.260 e. The smallest absolute Gasteiger partial charge is 0.177 e. The summed E-state index contributed by atoms with van der Waals surface area (Å²) in [6, 6.07) is 1.72. The fourth-order valence-corrected chi connectivity index (χ4v) is 2.64. The van der Waals surface area contributed by atoms with Gasteiger partial charge in [0.25, 0.3) is 0 Å². The molecule has 0 saturated heterocycles. The van der Waals surface area contributed by atoms with Gasteiger partial charge in [-0.1, -0.05) is 6.92 Å². The second-order valence-corrected chi connectivity index (χ2v) is 4.98. The van der Waals surface area contributed by atoms with Crippen molar-refractivity contribution in [2.75, 3.05) is 6.26 Å². The van der Waals surface area contributed by atoms with Gasteiger partial charge in [0.15, 0.2) is 9.84 Å². The van der Waals surface area contributed by atoms with Crippen molar-refractivity contribution < 1.29 is 8.42 Å². The van der Waals surface area contributed by atoms with Crippen LogP contribution in [0.4, 0.5) is 0 Å². The summed E-state index contributed by atoms with van der Waals surface area (Å²) in [6.07, 6.45) is 3.50. The number of pyridine rings is 1. The quantitative estimate of drug-likeness (QED) is 0.722. The van der Waals surface area contributed by atoms with E-state index in [2.05, 4.69) is 4.98 Å². The van der Waals surface area contributed by atoms with E-state index in [1.165, 1.54) is 6.26 Å². The third kappa shape index (κ3) is 2.06. The van der Waals surface area contributed by atoms with Gasteiger partial charge in [0.2, 0.25) is 0 Å². The zero-order valence-electron chi connectivity index (χ0n) is 8.03. The second kappa shape index (κ2) is 3.46. The summed E-state index contributed by atoms with van der Waals surface area (Å²) in [5, 5.41) is 0. The second-order valence-electron chi connectivity index (χ2n) is 3.03. The average Bonchev–Trinajstić information content (AvgIpc) is 2.01. The Hall–Kier alpha value is -0.900. The molecule has 13 heavy (non-hydrogen) atoms. The molecule has 0 fully saturated rings. The number of sulfone groups is 1. The van der Waals surface area contributed by atoms with Crippen molar-refractivity contribution >= 4 is 9.84 Å². The van der Waals surface area contributed by atoms with Crippen LogP contribution >= 0.6 is 0 Å². The maximum Gasteiger partial charge on any atom is 0.177 e. The van der Waals surface area contributed by atoms with Gasteiger partial charge < -0.3 is 0 Å². The minimum absolute atomic E-state index is 0.387. The minimum atomic E-state index is -3.14. The maximum absolute atomic E-state index is 11.4. The normalized spacial score (nSPS) is 11.6. The van der Waals surface area contributed by atoms with Crippen molar-refractivity contribution in [1.82, 2.24) is 4.98 Å². The van der Waals surface area contributed by atoms with Gasteiger partial charge in [0.1, 0.15) is 0 Å². The molecular weight excluding hydrogens is 186 g/mol. The van der Waals surface area contributed by atoms with Gasteiger partial charge in [-0.15, -0.1) is 0 Å². The van der Waals surface area contributed by atoms with Crippen LogP contribution in [0.15, 0.2) is 17.2 Å². The molecule has 0 aromatic carbocycles. The van der Waals surface area contributed by atoms with Gasteiger partial charge in [0, 0.05) is 12.5 Å². The van der Waals surface area contributed by atoms with E-state index < -0.39 is 9.84 Å². The molecule has 0 amide bonds. The van der Waals surface area contributed by atoms with Crippen LogP contribution in [-0.4, -0.2) is 19.7 Å². The lowest BCUT2D eigenvalue weighted by Crippen LogP contribution is -2.06. The molecule has 0 radical (unpaired) electrons. The molecule has 0 unspecified atom stereocenters. The summed E-state index contributed by atoms with van der Waals surface area (Å²) < 4.78 is 22.8. The Bertz CT molecular complexity index is 410. The van der Waals surface area contributed by atoms with E-state index in [4.69, 9.17) is 0 Å². The molecule has 0 aliphatic carbocycles. The Morgan fingerprint density at radius 2 is 2.08 bits per heavy atom. The van der Waals surface area contributed by atoms with Crippen LogP contribution in [0.1, 0.15) is 18.2 Å². The van der Waals surface area contributed by atoms with Crippen molar-refractivity contribution in [3.63, 3.8) is 0 Å². The van der Waals surface area contributed by atoms with Gasteiger partial charge in [-0.25, -0.2) is 8.42 Å². The molecule has 0 bridgehead atoms. The molecular formula is C9H13NO2S. The number of aromatic nitrogens is 1. The predicted octanol–water partition coefficient (Wildman–Crippen LogP) is 1.36. The van der Waals surface area contributed by atoms with Crippen molar-refractivity contribution in [2.45, 2.75) is 25.2 Å². The molecule has 0 N–H and O–H groups in total. The van der Waals surface area contributed by atoms with Gasteiger partial charge in [-0.2, -0.15) is 0 Å². The van der Waals surface area contributed by atoms with Crippen molar-refractivity contribution in [3.8, 4) is 0 Å². The van der Waals surface area contributed by atoms with E-state index in [0.717, 1.165) is 5.56 Å². The Morgan fingerprint density at radius 3 is 2.46 bits per heavy atom. The van der Waals surface area contributed by atoms with Crippen molar-refractivity contribution in [2.24, 2.45) is 0 Å². The SMILES string of the molecule is CCc1nccc(C)c1S(C)(=O)=O. The van der Waals surface area contributed by atoms with E-state index in [9.17, 15) is 8.42 Å². The monoisotopic (exact) mass is 199 g/mol. The lowest BCUT2D eigenvalue weighted by molar-refractivity contribution is 0.599. The Kier molecular flexibility index (Phi) is 2.71. The Labute approximate surface area is 78.7 Å². The first-order chi connectivity index (χ1) is 5.96. The van der Waals surface area contributed by atoms with Crippen LogP contribution in [0.2, 0.25) is 0 Å². The molecule has 0 aliphatic heterocycles. The molecule has 1 rings (SSSR count). The van der Waals surface area contributed by atoms with Gasteiger partial charge in [0.05, 0.1) is 10.6 Å². The first-order valence-electron chi connectivity index (χ1n) is 4.11. The van der Waals surface area contributed by atoms with Crippen LogP contribution < -0.4 is 0 Å². The Balaban J connectivity index is 3.50. The zero-order chi connectivity index (χ0) is 10.1. The highest BCUT2D eigenvalue weighted by molar-refractivity contribution is 7.90. The predicted molar refractivity (Wildman–Crippen MR) is 51.5 cm³/mol. The molecule has 0 spiro atoms. The molecule has 72 valence electrons. The van der Waals surface area contributed by atoms with E-state index in [0.29, 0.717) is 17.0 Å². The zero-order valence-corrected chi connectivity index (χ0v) is 8.85. The highest BCUT2D eigenvalue weighted by Gasteiger charge is 2.15. The summed E-state index contributed by atoms with van der Waals surface area (Å²) in [6.45, 7) is 3.69. The Morgan fingerprint density at radius 1 is 1.46 bits per heavy atom. The summed E-state index contributed by atoms with van der Waals surface area (Å²) in [4.78, 5) is 4.43. The highest BCUT2D eigenvalue weighted by atomic mass is 32.2. The van der Waals surface area contributed by atoms with E-state index in [1.807, 2.05) is 6.92 Å². The molecule has 1 heterocycles. The highest BCUT2D eigenvalue weighted by Crippen LogP contribution is 2.18. The van der Waals surface area contributed by atoms with Crippen LogP contribution in [0, 0.1) is 6.92 Å². The molecule has 1 aromatic rings. The van der Waals surface area contributed by atoms with Crippen molar-refractivity contribution in [1.29, 1.82) is 0 Å². The molecule has 0 saturated carbocycles. The van der Waals surface area contributed by atoms with Crippen LogP contribution in [0.5, 0.6) is 0 Å². The van der Waals surface area contributed by atoms with Crippen LogP contribution in [0.25, 0.3) is 0 Å². The fourth-order valence-electron chi connectivity index (χ4n) is 1.36. The number of rotatable bonds is 2. The molecule has 4 heteroatoms.